The number of carboxylic acids is 1. The lowest BCUT2D eigenvalue weighted by molar-refractivity contribution is -0.141. The van der Waals surface area contributed by atoms with Crippen LogP contribution >= 0.6 is 11.3 Å². The molecule has 0 saturated carbocycles. The smallest absolute Gasteiger partial charge is 0.306 e. The summed E-state index contributed by atoms with van der Waals surface area (Å²) >= 11 is 1.40. The molecule has 1 N–H and O–H groups in total. The van der Waals surface area contributed by atoms with Crippen molar-refractivity contribution in [3.05, 3.63) is 58.5 Å². The van der Waals surface area contributed by atoms with Crippen molar-refractivity contribution in [1.82, 2.24) is 9.97 Å². The van der Waals surface area contributed by atoms with E-state index < -0.39 is 11.9 Å². The Morgan fingerprint density at radius 2 is 2.09 bits per heavy atom. The van der Waals surface area contributed by atoms with E-state index in [9.17, 15) is 9.59 Å². The number of aliphatic carboxylic acids is 1. The van der Waals surface area contributed by atoms with E-state index in [1.54, 1.807) is 31.3 Å². The van der Waals surface area contributed by atoms with E-state index in [1.807, 2.05) is 18.2 Å². The van der Waals surface area contributed by atoms with Gasteiger partial charge in [-0.05, 0) is 36.2 Å². The van der Waals surface area contributed by atoms with Gasteiger partial charge in [0.2, 0.25) is 0 Å². The summed E-state index contributed by atoms with van der Waals surface area (Å²) < 4.78 is 0.855. The number of nitrogens with zero attached hydrogens (tertiary/aromatic N) is 2. The molecule has 1 aromatic carbocycles. The molecule has 5 nitrogen and oxygen atoms in total. The van der Waals surface area contributed by atoms with Crippen LogP contribution in [0, 0.1) is 5.92 Å². The molecule has 0 aliphatic carbocycles. The monoisotopic (exact) mass is 326 g/mol. The molecule has 1 unspecified atom stereocenters. The molecule has 3 rings (SSSR count). The van der Waals surface area contributed by atoms with Gasteiger partial charge in [0, 0.05) is 10.9 Å². The summed E-state index contributed by atoms with van der Waals surface area (Å²) in [7, 11) is 0. The molecule has 0 amide bonds. The molecule has 0 spiro atoms. The number of fused-ring (bicyclic) bond motifs is 1. The summed E-state index contributed by atoms with van der Waals surface area (Å²) in [5.41, 5.74) is 1.17. The average Bonchev–Trinajstić information content (AvgIpc) is 2.55. The van der Waals surface area contributed by atoms with Crippen molar-refractivity contribution < 1.29 is 9.90 Å². The Morgan fingerprint density at radius 3 is 2.87 bits per heavy atom. The van der Waals surface area contributed by atoms with Crippen molar-refractivity contribution in [3.63, 3.8) is 0 Å². The minimum Gasteiger partial charge on any atom is -0.481 e. The number of rotatable bonds is 4. The van der Waals surface area contributed by atoms with Crippen LogP contribution in [0.15, 0.2) is 47.4 Å². The minimum atomic E-state index is -0.836. The fraction of sp³-hybridized carbons (Fsp3) is 0.176. The molecule has 2 heterocycles. The highest BCUT2D eigenvalue weighted by molar-refractivity contribution is 7.21. The van der Waals surface area contributed by atoms with Crippen LogP contribution in [-0.2, 0) is 11.2 Å². The maximum Gasteiger partial charge on any atom is 0.306 e. The van der Waals surface area contributed by atoms with E-state index in [1.165, 1.54) is 11.3 Å². The fourth-order valence-electron chi connectivity index (χ4n) is 2.28. The number of carboxylic acid groups (broad SMARTS) is 1. The van der Waals surface area contributed by atoms with E-state index in [4.69, 9.17) is 5.11 Å². The van der Waals surface area contributed by atoms with Crippen molar-refractivity contribution in [2.75, 3.05) is 0 Å². The summed E-state index contributed by atoms with van der Waals surface area (Å²) in [6, 6.07) is 10.9. The summed E-state index contributed by atoms with van der Waals surface area (Å²) in [5.74, 6) is -1.31. The number of carbonyl (C=O) groups is 1. The van der Waals surface area contributed by atoms with Gasteiger partial charge in [0.15, 0.2) is 0 Å². The first-order valence-corrected chi connectivity index (χ1v) is 7.94. The number of benzene rings is 1. The number of hydrogen-bond acceptors (Lipinski definition) is 5. The van der Waals surface area contributed by atoms with Crippen LogP contribution in [0.4, 0.5) is 0 Å². The van der Waals surface area contributed by atoms with E-state index >= 15 is 0 Å². The average molecular weight is 326 g/mol. The standard InChI is InChI=1S/C17H14N2O3S/c1-10(17(21)22)8-11-6-7-18-13(9-11)16-19-15(20)12-4-2-3-5-14(12)23-16/h2-7,9-10H,8H2,1H3,(H,21,22). The van der Waals surface area contributed by atoms with Crippen LogP contribution in [0.3, 0.4) is 0 Å². The van der Waals surface area contributed by atoms with Gasteiger partial charge in [-0.15, -0.1) is 11.3 Å². The fourth-order valence-corrected chi connectivity index (χ4v) is 3.25. The van der Waals surface area contributed by atoms with Crippen LogP contribution in [0.25, 0.3) is 20.8 Å². The van der Waals surface area contributed by atoms with Crippen LogP contribution < -0.4 is 5.56 Å². The van der Waals surface area contributed by atoms with Gasteiger partial charge in [-0.3, -0.25) is 14.6 Å². The molecule has 1 atom stereocenters. The first-order valence-electron chi connectivity index (χ1n) is 7.12. The van der Waals surface area contributed by atoms with Gasteiger partial charge in [0.05, 0.1) is 17.0 Å². The second kappa shape index (κ2) is 6.26. The van der Waals surface area contributed by atoms with Crippen molar-refractivity contribution >= 4 is 27.4 Å². The molecular weight excluding hydrogens is 312 g/mol. The molecule has 0 saturated heterocycles. The van der Waals surface area contributed by atoms with Crippen LogP contribution in [0.1, 0.15) is 12.5 Å². The summed E-state index contributed by atoms with van der Waals surface area (Å²) in [6.07, 6.45) is 2.03. The Labute approximate surface area is 136 Å². The largest absolute Gasteiger partial charge is 0.481 e. The maximum absolute atomic E-state index is 12.1. The second-order valence-electron chi connectivity index (χ2n) is 5.31. The predicted octanol–water partition coefficient (Wildman–Crippen LogP) is 2.98. The van der Waals surface area contributed by atoms with Gasteiger partial charge in [0.25, 0.3) is 5.56 Å². The Bertz CT molecular complexity index is 936. The molecule has 6 heteroatoms. The molecule has 0 fully saturated rings. The van der Waals surface area contributed by atoms with E-state index in [0.29, 0.717) is 22.5 Å². The second-order valence-corrected chi connectivity index (χ2v) is 6.34. The predicted molar refractivity (Wildman–Crippen MR) is 89.6 cm³/mol. The lowest BCUT2D eigenvalue weighted by atomic mass is 10.0. The van der Waals surface area contributed by atoms with Crippen LogP contribution in [-0.4, -0.2) is 21.0 Å². The van der Waals surface area contributed by atoms with Gasteiger partial charge in [-0.1, -0.05) is 19.1 Å². The minimum absolute atomic E-state index is 0.277. The van der Waals surface area contributed by atoms with E-state index in [-0.39, 0.29) is 5.56 Å². The van der Waals surface area contributed by atoms with E-state index in [2.05, 4.69) is 9.97 Å². The first kappa shape index (κ1) is 15.3. The molecule has 2 aromatic heterocycles. The Balaban J connectivity index is 2.02. The van der Waals surface area contributed by atoms with Crippen LogP contribution in [0.2, 0.25) is 0 Å². The highest BCUT2D eigenvalue weighted by atomic mass is 32.1. The van der Waals surface area contributed by atoms with Crippen molar-refractivity contribution in [2.24, 2.45) is 5.92 Å². The normalized spacial score (nSPS) is 12.2. The molecule has 23 heavy (non-hydrogen) atoms. The van der Waals surface area contributed by atoms with Crippen molar-refractivity contribution in [3.8, 4) is 10.7 Å². The highest BCUT2D eigenvalue weighted by Crippen LogP contribution is 2.25. The lowest BCUT2D eigenvalue weighted by Gasteiger charge is -2.07. The summed E-state index contributed by atoms with van der Waals surface area (Å²) in [4.78, 5) is 31.5. The topological polar surface area (TPSA) is 80.2 Å². The first-order chi connectivity index (χ1) is 11.0. The number of aromatic nitrogens is 2. The van der Waals surface area contributed by atoms with Gasteiger partial charge in [-0.2, -0.15) is 4.98 Å². The summed E-state index contributed by atoms with van der Waals surface area (Å²) in [5, 5.41) is 10.2. The van der Waals surface area contributed by atoms with Crippen LogP contribution in [0.5, 0.6) is 0 Å². The van der Waals surface area contributed by atoms with E-state index in [0.717, 1.165) is 10.3 Å². The molecule has 0 aliphatic heterocycles. The Morgan fingerprint density at radius 1 is 1.30 bits per heavy atom. The SMILES string of the molecule is CC(Cc1ccnc(-c2nc(=O)c3ccccc3s2)c1)C(=O)O. The van der Waals surface area contributed by atoms with Crippen molar-refractivity contribution in [1.29, 1.82) is 0 Å². The zero-order chi connectivity index (χ0) is 16.4. The third kappa shape index (κ3) is 3.27. The quantitative estimate of drug-likeness (QED) is 0.797. The van der Waals surface area contributed by atoms with Gasteiger partial charge < -0.3 is 5.11 Å². The third-order valence-electron chi connectivity index (χ3n) is 3.53. The maximum atomic E-state index is 12.1. The molecule has 3 aromatic rings. The molecular formula is C17H14N2O3S. The Hall–Kier alpha value is -2.60. The third-order valence-corrected chi connectivity index (χ3v) is 4.60. The molecule has 0 radical (unpaired) electrons. The van der Waals surface area contributed by atoms with Gasteiger partial charge >= 0.3 is 5.97 Å². The van der Waals surface area contributed by atoms with Gasteiger partial charge in [-0.25, -0.2) is 0 Å². The number of pyridine rings is 1. The zero-order valence-electron chi connectivity index (χ0n) is 12.4. The lowest BCUT2D eigenvalue weighted by Crippen LogP contribution is -2.12. The Kier molecular flexibility index (Phi) is 4.16. The molecule has 116 valence electrons. The summed E-state index contributed by atoms with van der Waals surface area (Å²) in [6.45, 7) is 1.66. The highest BCUT2D eigenvalue weighted by Gasteiger charge is 2.13. The molecule has 0 bridgehead atoms. The van der Waals surface area contributed by atoms with Gasteiger partial charge in [0.1, 0.15) is 5.01 Å². The zero-order valence-corrected chi connectivity index (χ0v) is 13.2. The molecule has 0 aliphatic rings. The number of hydrogen-bond donors (Lipinski definition) is 1. The van der Waals surface area contributed by atoms with Crippen molar-refractivity contribution in [2.45, 2.75) is 13.3 Å².